The molecule has 0 aromatic carbocycles. The Labute approximate surface area is 110 Å². The van der Waals surface area contributed by atoms with E-state index in [-0.39, 0.29) is 17.3 Å². The average Bonchev–Trinajstić information content (AvgIpc) is 2.20. The summed E-state index contributed by atoms with van der Waals surface area (Å²) in [5, 5.41) is -0.0292. The third-order valence-corrected chi connectivity index (χ3v) is 5.41. The summed E-state index contributed by atoms with van der Waals surface area (Å²) in [6.45, 7) is 4.15. The molecule has 1 aromatic rings. The predicted molar refractivity (Wildman–Crippen MR) is 70.0 cm³/mol. The third kappa shape index (κ3) is 2.67. The van der Waals surface area contributed by atoms with Gasteiger partial charge < -0.3 is 0 Å². The smallest absolute Gasteiger partial charge is 0.297 e. The topological polar surface area (TPSA) is 89.0 Å². The van der Waals surface area contributed by atoms with Gasteiger partial charge in [-0.05, 0) is 20.8 Å². The van der Waals surface area contributed by atoms with E-state index >= 15 is 0 Å². The number of hydrogen-bond acceptors (Lipinski definition) is 4. The number of aromatic nitrogens is 2. The lowest BCUT2D eigenvalue weighted by Gasteiger charge is -2.23. The number of halogens is 1. The minimum Gasteiger partial charge on any atom is -0.297 e. The highest BCUT2D eigenvalue weighted by molar-refractivity contribution is 7.92. The van der Waals surface area contributed by atoms with Gasteiger partial charge >= 0.3 is 5.69 Å². The Morgan fingerprint density at radius 1 is 1.33 bits per heavy atom. The van der Waals surface area contributed by atoms with E-state index < -0.39 is 25.8 Å². The quantitative estimate of drug-likeness (QED) is 0.813. The maximum Gasteiger partial charge on any atom is 0.329 e. The van der Waals surface area contributed by atoms with Crippen LogP contribution in [0.1, 0.15) is 19.4 Å². The van der Waals surface area contributed by atoms with E-state index in [2.05, 4.69) is 4.98 Å². The fourth-order valence-electron chi connectivity index (χ4n) is 1.29. The van der Waals surface area contributed by atoms with Crippen molar-refractivity contribution >= 4 is 21.4 Å². The molecule has 0 unspecified atom stereocenters. The second-order valence-corrected chi connectivity index (χ2v) is 7.82. The number of nitrogens with one attached hydrogen (secondary N) is 1. The number of aromatic amines is 1. The lowest BCUT2D eigenvalue weighted by atomic mass is 10.2. The molecular weight excluding hydrogens is 280 g/mol. The molecule has 18 heavy (non-hydrogen) atoms. The van der Waals surface area contributed by atoms with E-state index in [4.69, 9.17) is 11.6 Å². The van der Waals surface area contributed by atoms with Crippen LogP contribution in [0.15, 0.2) is 9.59 Å². The number of H-pyrrole nitrogens is 1. The Bertz CT molecular complexity index is 685. The summed E-state index contributed by atoms with van der Waals surface area (Å²) in [4.78, 5) is 25.8. The molecule has 1 aromatic heterocycles. The van der Waals surface area contributed by atoms with Crippen molar-refractivity contribution in [2.75, 3.05) is 6.26 Å². The molecule has 1 heterocycles. The Kier molecular flexibility index (Phi) is 3.78. The van der Waals surface area contributed by atoms with Crippen molar-refractivity contribution < 1.29 is 8.42 Å². The molecule has 6 nitrogen and oxygen atoms in total. The maximum atomic E-state index is 11.9. The van der Waals surface area contributed by atoms with Crippen LogP contribution in [0.4, 0.5) is 0 Å². The molecule has 0 saturated carbocycles. The molecule has 8 heteroatoms. The zero-order valence-corrected chi connectivity index (χ0v) is 12.1. The predicted octanol–water partition coefficient (Wildman–Crippen LogP) is 0.322. The molecule has 0 spiro atoms. The van der Waals surface area contributed by atoms with Crippen LogP contribution in [0.5, 0.6) is 0 Å². The van der Waals surface area contributed by atoms with Gasteiger partial charge in [-0.25, -0.2) is 13.2 Å². The van der Waals surface area contributed by atoms with Crippen LogP contribution >= 0.6 is 11.6 Å². The van der Waals surface area contributed by atoms with Crippen molar-refractivity contribution in [1.29, 1.82) is 0 Å². The minimum absolute atomic E-state index is 0.0292. The lowest BCUT2D eigenvalue weighted by Crippen LogP contribution is -2.45. The summed E-state index contributed by atoms with van der Waals surface area (Å²) in [6.07, 6.45) is 1.06. The molecular formula is C10H15ClN2O4S. The van der Waals surface area contributed by atoms with E-state index in [1.165, 1.54) is 20.8 Å². The van der Waals surface area contributed by atoms with Gasteiger partial charge in [-0.2, -0.15) is 0 Å². The highest BCUT2D eigenvalue weighted by Crippen LogP contribution is 2.16. The molecule has 1 N–H and O–H groups in total. The Morgan fingerprint density at radius 2 is 1.83 bits per heavy atom. The fourth-order valence-corrected chi connectivity index (χ4v) is 1.81. The average molecular weight is 295 g/mol. The maximum absolute atomic E-state index is 11.9. The van der Waals surface area contributed by atoms with Crippen molar-refractivity contribution in [2.24, 2.45) is 0 Å². The van der Waals surface area contributed by atoms with E-state index in [9.17, 15) is 18.0 Å². The van der Waals surface area contributed by atoms with Gasteiger partial charge in [0.05, 0.1) is 4.75 Å². The number of rotatable bonds is 3. The molecule has 0 amide bonds. The fraction of sp³-hybridized carbons (Fsp3) is 0.600. The molecule has 0 radical (unpaired) electrons. The summed E-state index contributed by atoms with van der Waals surface area (Å²) in [5.74, 6) is 0. The van der Waals surface area contributed by atoms with E-state index in [0.29, 0.717) is 0 Å². The largest absolute Gasteiger partial charge is 0.329 e. The first-order valence-corrected chi connectivity index (χ1v) is 7.43. The van der Waals surface area contributed by atoms with Crippen LogP contribution in [-0.2, 0) is 16.4 Å². The van der Waals surface area contributed by atoms with Crippen LogP contribution < -0.4 is 11.2 Å². The van der Waals surface area contributed by atoms with Gasteiger partial charge in [0.2, 0.25) is 0 Å². The molecule has 0 atom stereocenters. The zero-order valence-electron chi connectivity index (χ0n) is 10.6. The van der Waals surface area contributed by atoms with Crippen LogP contribution in [0.2, 0.25) is 5.15 Å². The highest BCUT2D eigenvalue weighted by Gasteiger charge is 2.32. The van der Waals surface area contributed by atoms with Crippen molar-refractivity contribution in [2.45, 2.75) is 32.1 Å². The van der Waals surface area contributed by atoms with E-state index in [1.54, 1.807) is 0 Å². The first kappa shape index (κ1) is 15.0. The summed E-state index contributed by atoms with van der Waals surface area (Å²) >= 11 is 5.67. The molecule has 102 valence electrons. The molecule has 0 aliphatic carbocycles. The molecule has 0 saturated heterocycles. The van der Waals surface area contributed by atoms with Gasteiger partial charge in [-0.15, -0.1) is 0 Å². The van der Waals surface area contributed by atoms with Crippen molar-refractivity contribution in [1.82, 2.24) is 9.55 Å². The van der Waals surface area contributed by atoms with E-state index in [1.807, 2.05) is 0 Å². The normalized spacial score (nSPS) is 12.7. The minimum atomic E-state index is -3.40. The first-order valence-electron chi connectivity index (χ1n) is 5.16. The third-order valence-electron chi connectivity index (χ3n) is 2.90. The lowest BCUT2D eigenvalue weighted by molar-refractivity contribution is 0.482. The summed E-state index contributed by atoms with van der Waals surface area (Å²) < 4.78 is 22.8. The van der Waals surface area contributed by atoms with Crippen LogP contribution in [-0.4, -0.2) is 29.0 Å². The van der Waals surface area contributed by atoms with Gasteiger partial charge in [0.15, 0.2) is 9.84 Å². The SMILES string of the molecule is Cc1c(Cl)[nH]c(=O)n(CC(C)(C)S(C)(=O)=O)c1=O. The van der Waals surface area contributed by atoms with Crippen LogP contribution in [0.25, 0.3) is 0 Å². The zero-order chi connectivity index (χ0) is 14.3. The van der Waals surface area contributed by atoms with Gasteiger partial charge in [-0.3, -0.25) is 14.3 Å². The molecule has 1 rings (SSSR count). The molecule has 0 bridgehead atoms. The summed E-state index contributed by atoms with van der Waals surface area (Å²) in [6, 6.07) is 0. The van der Waals surface area contributed by atoms with Gasteiger partial charge in [-0.1, -0.05) is 11.6 Å². The van der Waals surface area contributed by atoms with Crippen molar-refractivity contribution in [3.63, 3.8) is 0 Å². The summed E-state index contributed by atoms with van der Waals surface area (Å²) in [7, 11) is -3.40. The Hall–Kier alpha value is -1.08. The molecule has 0 aliphatic heterocycles. The standard InChI is InChI=1S/C10H15ClN2O4S/c1-6-7(11)12-9(15)13(8(6)14)5-10(2,3)18(4,16)17/h5H2,1-4H3,(H,12,15). The van der Waals surface area contributed by atoms with Gasteiger partial charge in [0, 0.05) is 18.4 Å². The number of nitrogens with zero attached hydrogens (tertiary/aromatic N) is 1. The second kappa shape index (κ2) is 4.55. The summed E-state index contributed by atoms with van der Waals surface area (Å²) in [5.41, 5.74) is -1.12. The van der Waals surface area contributed by atoms with Crippen LogP contribution in [0, 0.1) is 6.92 Å². The van der Waals surface area contributed by atoms with Crippen molar-refractivity contribution in [3.8, 4) is 0 Å². The monoisotopic (exact) mass is 294 g/mol. The van der Waals surface area contributed by atoms with Gasteiger partial charge in [0.1, 0.15) is 5.15 Å². The Balaban J connectivity index is 3.44. The van der Waals surface area contributed by atoms with Crippen LogP contribution in [0.3, 0.4) is 0 Å². The number of sulfone groups is 1. The van der Waals surface area contributed by atoms with E-state index in [0.717, 1.165) is 10.8 Å². The second-order valence-electron chi connectivity index (χ2n) is 4.79. The van der Waals surface area contributed by atoms with Crippen molar-refractivity contribution in [3.05, 3.63) is 31.6 Å². The molecule has 0 aliphatic rings. The Morgan fingerprint density at radius 3 is 2.28 bits per heavy atom. The van der Waals surface area contributed by atoms with Gasteiger partial charge in [0.25, 0.3) is 5.56 Å². The molecule has 0 fully saturated rings. The number of hydrogen-bond donors (Lipinski definition) is 1. The highest BCUT2D eigenvalue weighted by atomic mass is 35.5. The first-order chi connectivity index (χ1) is 7.97.